The Hall–Kier alpha value is -2.66. The summed E-state index contributed by atoms with van der Waals surface area (Å²) in [6, 6.07) is 12.3. The third kappa shape index (κ3) is 4.11. The lowest BCUT2D eigenvalue weighted by molar-refractivity contribution is -0.368. The van der Waals surface area contributed by atoms with Gasteiger partial charge in [-0.1, -0.05) is 31.2 Å². The second kappa shape index (κ2) is 8.15. The molecule has 0 saturated carbocycles. The molecule has 2 aromatic carbocycles. The van der Waals surface area contributed by atoms with Crippen molar-refractivity contribution in [2.24, 2.45) is 5.92 Å². The number of hydrogen-bond donors (Lipinski definition) is 3. The van der Waals surface area contributed by atoms with Gasteiger partial charge in [0, 0.05) is 23.6 Å². The SMILES string of the molecule is C[C@H](CCC[NH3+])CNC(=O)c1c[nH]c2cc(-c3ccc(F)cc3)ccc12. The van der Waals surface area contributed by atoms with Gasteiger partial charge in [0.05, 0.1) is 12.1 Å². The maximum atomic E-state index is 13.1. The van der Waals surface area contributed by atoms with Crippen LogP contribution < -0.4 is 11.1 Å². The molecule has 4 nitrogen and oxygen atoms in total. The second-order valence-electron chi connectivity index (χ2n) is 6.78. The van der Waals surface area contributed by atoms with Crippen molar-refractivity contribution in [3.8, 4) is 11.1 Å². The number of rotatable bonds is 7. The minimum Gasteiger partial charge on any atom is -0.360 e. The van der Waals surface area contributed by atoms with E-state index >= 15 is 0 Å². The summed E-state index contributed by atoms with van der Waals surface area (Å²) in [6.45, 7) is 3.73. The van der Waals surface area contributed by atoms with E-state index in [-0.39, 0.29) is 11.7 Å². The lowest BCUT2D eigenvalue weighted by atomic mass is 10.0. The van der Waals surface area contributed by atoms with E-state index in [0.717, 1.165) is 41.4 Å². The Bertz CT molecular complexity index is 886. The number of aromatic amines is 1. The highest BCUT2D eigenvalue weighted by Crippen LogP contribution is 2.26. The number of quaternary nitrogens is 1. The van der Waals surface area contributed by atoms with E-state index in [1.807, 2.05) is 18.2 Å². The van der Waals surface area contributed by atoms with Crippen LogP contribution in [-0.2, 0) is 0 Å². The Balaban J connectivity index is 1.74. The molecule has 0 radical (unpaired) electrons. The van der Waals surface area contributed by atoms with Gasteiger partial charge in [0.25, 0.3) is 5.91 Å². The molecule has 3 rings (SSSR count). The van der Waals surface area contributed by atoms with Gasteiger partial charge in [-0.15, -0.1) is 0 Å². The number of hydrogen-bond acceptors (Lipinski definition) is 1. The average Bonchev–Trinajstić information content (AvgIpc) is 3.08. The summed E-state index contributed by atoms with van der Waals surface area (Å²) in [5, 5.41) is 3.91. The fraction of sp³-hybridized carbons (Fsp3) is 0.286. The minimum absolute atomic E-state index is 0.0627. The Morgan fingerprint density at radius 2 is 1.92 bits per heavy atom. The Morgan fingerprint density at radius 1 is 1.19 bits per heavy atom. The number of benzene rings is 2. The number of carbonyl (C=O) groups excluding carboxylic acids is 1. The first-order valence-electron chi connectivity index (χ1n) is 9.03. The second-order valence-corrected chi connectivity index (χ2v) is 6.78. The fourth-order valence-corrected chi connectivity index (χ4v) is 3.09. The third-order valence-electron chi connectivity index (χ3n) is 4.66. The number of halogens is 1. The van der Waals surface area contributed by atoms with Crippen LogP contribution in [0, 0.1) is 11.7 Å². The van der Waals surface area contributed by atoms with Crippen molar-refractivity contribution < 1.29 is 14.9 Å². The van der Waals surface area contributed by atoms with Crippen LogP contribution in [0.2, 0.25) is 0 Å². The molecule has 3 aromatic rings. The molecular weight excluding hydrogens is 329 g/mol. The van der Waals surface area contributed by atoms with E-state index in [0.29, 0.717) is 18.0 Å². The predicted molar refractivity (Wildman–Crippen MR) is 102 cm³/mol. The summed E-state index contributed by atoms with van der Waals surface area (Å²) in [5.41, 5.74) is 7.31. The van der Waals surface area contributed by atoms with E-state index in [9.17, 15) is 9.18 Å². The van der Waals surface area contributed by atoms with Gasteiger partial charge in [0.15, 0.2) is 0 Å². The van der Waals surface area contributed by atoms with E-state index in [2.05, 4.69) is 23.0 Å². The third-order valence-corrected chi connectivity index (χ3v) is 4.66. The van der Waals surface area contributed by atoms with Crippen molar-refractivity contribution in [3.63, 3.8) is 0 Å². The van der Waals surface area contributed by atoms with Gasteiger partial charge in [-0.25, -0.2) is 4.39 Å². The first-order chi connectivity index (χ1) is 12.6. The van der Waals surface area contributed by atoms with Crippen LogP contribution in [0.1, 0.15) is 30.1 Å². The normalized spacial score (nSPS) is 12.3. The summed E-state index contributed by atoms with van der Waals surface area (Å²) in [6.07, 6.45) is 3.89. The summed E-state index contributed by atoms with van der Waals surface area (Å²) in [4.78, 5) is 15.7. The quantitative estimate of drug-likeness (QED) is 0.598. The van der Waals surface area contributed by atoms with Gasteiger partial charge in [0.1, 0.15) is 5.82 Å². The summed E-state index contributed by atoms with van der Waals surface area (Å²) >= 11 is 0. The molecule has 1 amide bonds. The van der Waals surface area contributed by atoms with Gasteiger partial charge in [0.2, 0.25) is 0 Å². The lowest BCUT2D eigenvalue weighted by Gasteiger charge is -2.11. The summed E-state index contributed by atoms with van der Waals surface area (Å²) in [5.74, 6) is 0.126. The first-order valence-corrected chi connectivity index (χ1v) is 9.03. The summed E-state index contributed by atoms with van der Waals surface area (Å²) in [7, 11) is 0. The lowest BCUT2D eigenvalue weighted by Crippen LogP contribution is -2.50. The van der Waals surface area contributed by atoms with Crippen LogP contribution in [0.4, 0.5) is 4.39 Å². The van der Waals surface area contributed by atoms with Crippen LogP contribution in [0.3, 0.4) is 0 Å². The molecule has 1 heterocycles. The molecule has 1 aromatic heterocycles. The zero-order valence-electron chi connectivity index (χ0n) is 15.0. The van der Waals surface area contributed by atoms with E-state index < -0.39 is 0 Å². The molecule has 0 fully saturated rings. The number of nitrogens with one attached hydrogen (secondary N) is 2. The van der Waals surface area contributed by atoms with E-state index in [1.165, 1.54) is 12.1 Å². The smallest absolute Gasteiger partial charge is 0.253 e. The van der Waals surface area contributed by atoms with Crippen molar-refractivity contribution in [1.82, 2.24) is 10.3 Å². The topological polar surface area (TPSA) is 72.5 Å². The van der Waals surface area contributed by atoms with Gasteiger partial charge >= 0.3 is 0 Å². The molecule has 0 bridgehead atoms. The van der Waals surface area contributed by atoms with Gasteiger partial charge in [-0.2, -0.15) is 0 Å². The molecule has 0 aliphatic rings. The number of aromatic nitrogens is 1. The Labute approximate surface area is 152 Å². The maximum Gasteiger partial charge on any atom is 0.253 e. The molecule has 0 aliphatic carbocycles. The van der Waals surface area contributed by atoms with E-state index in [1.54, 1.807) is 18.3 Å². The van der Waals surface area contributed by atoms with Gasteiger partial charge < -0.3 is 16.0 Å². The molecule has 0 aliphatic heterocycles. The summed E-state index contributed by atoms with van der Waals surface area (Å²) < 4.78 is 13.1. The van der Waals surface area contributed by atoms with Gasteiger partial charge in [-0.3, -0.25) is 4.79 Å². The zero-order chi connectivity index (χ0) is 18.5. The number of amides is 1. The van der Waals surface area contributed by atoms with Gasteiger partial charge in [-0.05, 0) is 48.1 Å². The molecule has 26 heavy (non-hydrogen) atoms. The largest absolute Gasteiger partial charge is 0.360 e. The monoisotopic (exact) mass is 354 g/mol. The average molecular weight is 354 g/mol. The fourth-order valence-electron chi connectivity index (χ4n) is 3.09. The minimum atomic E-state index is -0.252. The van der Waals surface area contributed by atoms with Crippen molar-refractivity contribution in [1.29, 1.82) is 0 Å². The molecular formula is C21H25FN3O+. The number of carbonyl (C=O) groups is 1. The molecule has 136 valence electrons. The highest BCUT2D eigenvalue weighted by molar-refractivity contribution is 6.07. The molecule has 1 atom stereocenters. The van der Waals surface area contributed by atoms with Crippen molar-refractivity contribution >= 4 is 16.8 Å². The molecule has 5 N–H and O–H groups in total. The Kier molecular flexibility index (Phi) is 5.68. The number of fused-ring (bicyclic) bond motifs is 1. The maximum absolute atomic E-state index is 13.1. The molecule has 0 unspecified atom stereocenters. The molecule has 0 saturated heterocycles. The predicted octanol–water partition coefficient (Wildman–Crippen LogP) is 3.36. The Morgan fingerprint density at radius 3 is 2.65 bits per heavy atom. The van der Waals surface area contributed by atoms with Crippen LogP contribution in [0.15, 0.2) is 48.7 Å². The van der Waals surface area contributed by atoms with E-state index in [4.69, 9.17) is 0 Å². The molecule has 5 heteroatoms. The standard InChI is InChI=1S/C21H24FN3O/c1-14(3-2-10-23)12-25-21(26)19-13-24-20-11-16(6-9-18(19)20)15-4-7-17(22)8-5-15/h4-9,11,13-14,24H,2-3,10,12,23H2,1H3,(H,25,26)/p+1/t14-/m1/s1. The van der Waals surface area contributed by atoms with Crippen LogP contribution in [-0.4, -0.2) is 24.0 Å². The van der Waals surface area contributed by atoms with Crippen molar-refractivity contribution in [2.45, 2.75) is 19.8 Å². The highest BCUT2D eigenvalue weighted by atomic mass is 19.1. The zero-order valence-corrected chi connectivity index (χ0v) is 15.0. The molecule has 0 spiro atoms. The van der Waals surface area contributed by atoms with Crippen molar-refractivity contribution in [3.05, 3.63) is 60.0 Å². The van der Waals surface area contributed by atoms with Crippen LogP contribution >= 0.6 is 0 Å². The van der Waals surface area contributed by atoms with Crippen LogP contribution in [0.25, 0.3) is 22.0 Å². The number of H-pyrrole nitrogens is 1. The van der Waals surface area contributed by atoms with Crippen molar-refractivity contribution in [2.75, 3.05) is 13.1 Å². The highest BCUT2D eigenvalue weighted by Gasteiger charge is 2.13. The van der Waals surface area contributed by atoms with Crippen LogP contribution in [0.5, 0.6) is 0 Å². The first kappa shape index (κ1) is 18.1.